The molecular formula is C10H20N4O3S. The number of aryl methyl sites for hydroxylation is 1. The van der Waals surface area contributed by atoms with Gasteiger partial charge in [-0.2, -0.15) is 5.10 Å². The van der Waals surface area contributed by atoms with E-state index in [2.05, 4.69) is 9.82 Å². The first-order valence-electron chi connectivity index (χ1n) is 5.63. The van der Waals surface area contributed by atoms with Crippen LogP contribution in [0.2, 0.25) is 0 Å². The van der Waals surface area contributed by atoms with E-state index in [9.17, 15) is 13.5 Å². The highest BCUT2D eigenvalue weighted by atomic mass is 32.2. The first-order valence-corrected chi connectivity index (χ1v) is 7.11. The van der Waals surface area contributed by atoms with Crippen LogP contribution < -0.4 is 10.5 Å². The number of aliphatic hydroxyl groups excluding tert-OH is 1. The molecule has 0 aliphatic heterocycles. The van der Waals surface area contributed by atoms with E-state index in [-0.39, 0.29) is 23.2 Å². The number of nitrogens with two attached hydrogens (primary N) is 1. The highest BCUT2D eigenvalue weighted by Gasteiger charge is 2.28. The molecule has 0 saturated carbocycles. The Morgan fingerprint density at radius 2 is 2.06 bits per heavy atom. The van der Waals surface area contributed by atoms with Crippen molar-refractivity contribution in [3.8, 4) is 0 Å². The van der Waals surface area contributed by atoms with Gasteiger partial charge in [0.1, 0.15) is 4.90 Å². The molecule has 0 amide bonds. The minimum absolute atomic E-state index is 0.0240. The first-order chi connectivity index (χ1) is 8.20. The molecule has 1 aromatic rings. The Hall–Kier alpha value is -1.12. The maximum atomic E-state index is 12.2. The van der Waals surface area contributed by atoms with Crippen LogP contribution in [0.15, 0.2) is 4.90 Å². The average Bonchev–Trinajstić information content (AvgIpc) is 2.49. The second-order valence-electron chi connectivity index (χ2n) is 4.58. The molecule has 0 bridgehead atoms. The van der Waals surface area contributed by atoms with Gasteiger partial charge in [0.05, 0.1) is 12.3 Å². The lowest BCUT2D eigenvalue weighted by molar-refractivity contribution is 0.227. The van der Waals surface area contributed by atoms with E-state index in [1.807, 2.05) is 13.8 Å². The fourth-order valence-electron chi connectivity index (χ4n) is 1.59. The summed E-state index contributed by atoms with van der Waals surface area (Å²) in [6, 6.07) is -0.547. The second kappa shape index (κ2) is 5.25. The quantitative estimate of drug-likeness (QED) is 0.678. The predicted octanol–water partition coefficient (Wildman–Crippen LogP) is -0.394. The van der Waals surface area contributed by atoms with E-state index in [1.54, 1.807) is 14.0 Å². The lowest BCUT2D eigenvalue weighted by Crippen LogP contribution is -2.41. The number of anilines is 1. The lowest BCUT2D eigenvalue weighted by Gasteiger charge is -2.19. The number of hydrogen-bond donors (Lipinski definition) is 3. The molecule has 8 heteroatoms. The minimum Gasteiger partial charge on any atom is -0.395 e. The summed E-state index contributed by atoms with van der Waals surface area (Å²) in [4.78, 5) is -0.0240. The number of rotatable bonds is 5. The van der Waals surface area contributed by atoms with E-state index in [1.165, 1.54) is 4.68 Å². The molecule has 0 spiro atoms. The van der Waals surface area contributed by atoms with Crippen LogP contribution in [0, 0.1) is 12.8 Å². The van der Waals surface area contributed by atoms with Crippen LogP contribution in [-0.4, -0.2) is 36.0 Å². The Morgan fingerprint density at radius 3 is 2.39 bits per heavy atom. The van der Waals surface area contributed by atoms with Crippen molar-refractivity contribution in [2.45, 2.75) is 31.7 Å². The van der Waals surface area contributed by atoms with Gasteiger partial charge in [-0.05, 0) is 12.8 Å². The van der Waals surface area contributed by atoms with Crippen LogP contribution in [0.3, 0.4) is 0 Å². The second-order valence-corrected chi connectivity index (χ2v) is 6.23. The Kier molecular flexibility index (Phi) is 4.36. The summed E-state index contributed by atoms with van der Waals surface area (Å²) in [5.74, 6) is -0.0640. The van der Waals surface area contributed by atoms with E-state index in [0.717, 1.165) is 0 Å². The monoisotopic (exact) mass is 276 g/mol. The molecule has 1 unspecified atom stereocenters. The molecule has 1 heterocycles. The van der Waals surface area contributed by atoms with Crippen molar-refractivity contribution >= 4 is 15.8 Å². The summed E-state index contributed by atoms with van der Waals surface area (Å²) in [6.07, 6.45) is 0. The largest absolute Gasteiger partial charge is 0.395 e. The molecule has 104 valence electrons. The third-order valence-corrected chi connectivity index (χ3v) is 4.54. The third-order valence-electron chi connectivity index (χ3n) is 2.88. The number of hydrogen-bond acceptors (Lipinski definition) is 5. The van der Waals surface area contributed by atoms with E-state index in [0.29, 0.717) is 5.69 Å². The number of sulfonamides is 1. The SMILES string of the molecule is Cc1c(S(=O)(=O)NC(CO)C(C)C)c(N)nn1C. The number of aromatic nitrogens is 2. The maximum Gasteiger partial charge on any atom is 0.246 e. The molecule has 0 saturated heterocycles. The van der Waals surface area contributed by atoms with Crippen LogP contribution in [-0.2, 0) is 17.1 Å². The highest BCUT2D eigenvalue weighted by molar-refractivity contribution is 7.89. The maximum absolute atomic E-state index is 12.2. The minimum atomic E-state index is -3.78. The summed E-state index contributed by atoms with van der Waals surface area (Å²) in [5.41, 5.74) is 6.07. The van der Waals surface area contributed by atoms with Crippen LogP contribution >= 0.6 is 0 Å². The van der Waals surface area contributed by atoms with Crippen LogP contribution in [0.5, 0.6) is 0 Å². The fourth-order valence-corrected chi connectivity index (χ4v) is 3.29. The Bertz CT molecular complexity index is 521. The van der Waals surface area contributed by atoms with Crippen molar-refractivity contribution in [1.82, 2.24) is 14.5 Å². The fraction of sp³-hybridized carbons (Fsp3) is 0.700. The zero-order chi connectivity index (χ0) is 14.1. The van der Waals surface area contributed by atoms with Gasteiger partial charge in [-0.3, -0.25) is 4.68 Å². The van der Waals surface area contributed by atoms with Gasteiger partial charge in [-0.1, -0.05) is 13.8 Å². The summed E-state index contributed by atoms with van der Waals surface area (Å²) in [6.45, 7) is 5.00. The molecule has 0 radical (unpaired) electrons. The van der Waals surface area contributed by atoms with Gasteiger partial charge in [-0.25, -0.2) is 13.1 Å². The van der Waals surface area contributed by atoms with Gasteiger partial charge in [0, 0.05) is 13.1 Å². The van der Waals surface area contributed by atoms with Gasteiger partial charge in [0.25, 0.3) is 0 Å². The van der Waals surface area contributed by atoms with Gasteiger partial charge < -0.3 is 10.8 Å². The zero-order valence-electron chi connectivity index (χ0n) is 11.0. The van der Waals surface area contributed by atoms with Gasteiger partial charge in [0.15, 0.2) is 5.82 Å². The smallest absolute Gasteiger partial charge is 0.246 e. The topological polar surface area (TPSA) is 110 Å². The molecule has 18 heavy (non-hydrogen) atoms. The average molecular weight is 276 g/mol. The molecule has 0 aliphatic rings. The van der Waals surface area contributed by atoms with E-state index >= 15 is 0 Å². The standard InChI is InChI=1S/C10H20N4O3S/c1-6(2)8(5-15)13-18(16,17)9-7(3)14(4)12-10(9)11/h6,8,13,15H,5H2,1-4H3,(H2,11,12). The summed E-state index contributed by atoms with van der Waals surface area (Å²) >= 11 is 0. The molecule has 0 aliphatic carbocycles. The van der Waals surface area contributed by atoms with Gasteiger partial charge in [0.2, 0.25) is 10.0 Å². The Balaban J connectivity index is 3.14. The first kappa shape index (κ1) is 14.9. The van der Waals surface area contributed by atoms with Crippen molar-refractivity contribution < 1.29 is 13.5 Å². The molecule has 0 aromatic carbocycles. The normalized spacial score (nSPS) is 14.1. The molecule has 4 N–H and O–H groups in total. The van der Waals surface area contributed by atoms with E-state index in [4.69, 9.17) is 5.73 Å². The van der Waals surface area contributed by atoms with Gasteiger partial charge in [-0.15, -0.1) is 0 Å². The van der Waals surface area contributed by atoms with Crippen LogP contribution in [0.4, 0.5) is 5.82 Å². The van der Waals surface area contributed by atoms with E-state index < -0.39 is 16.1 Å². The van der Waals surface area contributed by atoms with Crippen molar-refractivity contribution in [3.05, 3.63) is 5.69 Å². The summed E-state index contributed by atoms with van der Waals surface area (Å²) < 4.78 is 28.3. The number of nitrogens with zero attached hydrogens (tertiary/aromatic N) is 2. The number of nitrogens with one attached hydrogen (secondary N) is 1. The number of aliphatic hydroxyl groups is 1. The van der Waals surface area contributed by atoms with Crippen LogP contribution in [0.1, 0.15) is 19.5 Å². The van der Waals surface area contributed by atoms with Crippen molar-refractivity contribution in [2.24, 2.45) is 13.0 Å². The summed E-state index contributed by atoms with van der Waals surface area (Å²) in [7, 11) is -2.15. The molecular weight excluding hydrogens is 256 g/mol. The molecule has 1 rings (SSSR count). The zero-order valence-corrected chi connectivity index (χ0v) is 11.8. The third kappa shape index (κ3) is 2.82. The van der Waals surface area contributed by atoms with Gasteiger partial charge >= 0.3 is 0 Å². The highest BCUT2D eigenvalue weighted by Crippen LogP contribution is 2.21. The Labute approximate surface area is 107 Å². The van der Waals surface area contributed by atoms with Crippen molar-refractivity contribution in [1.29, 1.82) is 0 Å². The summed E-state index contributed by atoms with van der Waals surface area (Å²) in [5, 5.41) is 13.0. The molecule has 1 aromatic heterocycles. The van der Waals surface area contributed by atoms with Crippen molar-refractivity contribution in [3.63, 3.8) is 0 Å². The lowest BCUT2D eigenvalue weighted by atomic mass is 10.1. The molecule has 0 fully saturated rings. The van der Waals surface area contributed by atoms with Crippen molar-refractivity contribution in [2.75, 3.05) is 12.3 Å². The number of nitrogen functional groups attached to an aromatic ring is 1. The molecule has 1 atom stereocenters. The Morgan fingerprint density at radius 1 is 1.50 bits per heavy atom. The molecule has 7 nitrogen and oxygen atoms in total. The predicted molar refractivity (Wildman–Crippen MR) is 68.4 cm³/mol. The van der Waals surface area contributed by atoms with Crippen LogP contribution in [0.25, 0.3) is 0 Å².